The number of halogens is 1. The number of hydrogen-bond donors (Lipinski definition) is 1. The molecule has 2 atom stereocenters. The minimum Gasteiger partial charge on any atom is -0.369 e. The van der Waals surface area contributed by atoms with Gasteiger partial charge in [0.2, 0.25) is 5.91 Å². The zero-order chi connectivity index (χ0) is 18.4. The van der Waals surface area contributed by atoms with Crippen molar-refractivity contribution in [2.24, 2.45) is 13.0 Å². The second-order valence-electron chi connectivity index (χ2n) is 6.59. The topological polar surface area (TPSA) is 56.1 Å². The van der Waals surface area contributed by atoms with E-state index in [2.05, 4.69) is 24.1 Å². The summed E-state index contributed by atoms with van der Waals surface area (Å²) in [6.07, 6.45) is 3.74. The van der Waals surface area contributed by atoms with Crippen molar-refractivity contribution in [3.8, 4) is 0 Å². The molecule has 0 spiro atoms. The summed E-state index contributed by atoms with van der Waals surface area (Å²) in [5, 5.41) is 2.93. The van der Waals surface area contributed by atoms with Gasteiger partial charge >= 0.3 is 0 Å². The smallest absolute Gasteiger partial charge is 0.249 e. The first kappa shape index (κ1) is 19.1. The Morgan fingerprint density at radius 3 is 2.72 bits per heavy atom. The van der Waals surface area contributed by atoms with Crippen LogP contribution in [-0.4, -0.2) is 28.2 Å². The number of carbonyl (C=O) groups excluding carboxylic acids is 1. The van der Waals surface area contributed by atoms with Crippen LogP contribution in [0.3, 0.4) is 0 Å². The first-order valence-electron chi connectivity index (χ1n) is 8.53. The number of aryl methyl sites for hydroxylation is 1. The van der Waals surface area contributed by atoms with Crippen LogP contribution in [0.25, 0.3) is 0 Å². The molecule has 2 aromatic rings. The molecular weight excluding hydrogens is 321 g/mol. The molecule has 0 bridgehead atoms. The molecule has 136 valence electrons. The van der Waals surface area contributed by atoms with E-state index >= 15 is 0 Å². The summed E-state index contributed by atoms with van der Waals surface area (Å²) in [6, 6.07) is 5.63. The molecular formula is C19H26FN3O2. The fourth-order valence-electron chi connectivity index (χ4n) is 2.45. The van der Waals surface area contributed by atoms with Crippen LogP contribution in [0, 0.1) is 11.7 Å². The summed E-state index contributed by atoms with van der Waals surface area (Å²) in [5.41, 5.74) is 0.636. The van der Waals surface area contributed by atoms with E-state index in [-0.39, 0.29) is 11.7 Å². The van der Waals surface area contributed by atoms with Crippen molar-refractivity contribution in [3.05, 3.63) is 53.9 Å². The normalized spacial score (nSPS) is 13.7. The molecule has 2 rings (SSSR count). The fourth-order valence-corrected chi connectivity index (χ4v) is 2.45. The number of nitrogens with one attached hydrogen (secondary N) is 1. The van der Waals surface area contributed by atoms with Crippen LogP contribution in [0.2, 0.25) is 0 Å². The third-order valence-electron chi connectivity index (χ3n) is 4.02. The molecule has 0 unspecified atom stereocenters. The van der Waals surface area contributed by atoms with Crippen LogP contribution in [0.15, 0.2) is 36.7 Å². The highest BCUT2D eigenvalue weighted by Gasteiger charge is 2.24. The van der Waals surface area contributed by atoms with Crippen molar-refractivity contribution in [3.63, 3.8) is 0 Å². The second-order valence-corrected chi connectivity index (χ2v) is 6.59. The molecule has 5 nitrogen and oxygen atoms in total. The second kappa shape index (κ2) is 8.76. The lowest BCUT2D eigenvalue weighted by molar-refractivity contribution is -0.132. The van der Waals surface area contributed by atoms with E-state index in [1.165, 1.54) is 12.1 Å². The van der Waals surface area contributed by atoms with Gasteiger partial charge < -0.3 is 14.6 Å². The number of aromatic nitrogens is 2. The van der Waals surface area contributed by atoms with E-state index in [1.807, 2.05) is 7.05 Å². The maximum atomic E-state index is 13.6. The number of imidazole rings is 1. The molecule has 1 aromatic carbocycles. The molecule has 6 heteroatoms. The van der Waals surface area contributed by atoms with Gasteiger partial charge in [-0.15, -0.1) is 0 Å². The van der Waals surface area contributed by atoms with E-state index in [0.29, 0.717) is 23.9 Å². The Balaban J connectivity index is 2.14. The fraction of sp³-hybridized carbons (Fsp3) is 0.474. The van der Waals surface area contributed by atoms with E-state index in [1.54, 1.807) is 36.0 Å². The number of amides is 1. The Hall–Kier alpha value is -2.21. The minimum atomic E-state index is -0.588. The number of carbonyl (C=O) groups is 1. The van der Waals surface area contributed by atoms with Crippen molar-refractivity contribution in [2.45, 2.75) is 39.3 Å². The van der Waals surface area contributed by atoms with Gasteiger partial charge in [0.15, 0.2) is 0 Å². The van der Waals surface area contributed by atoms with Gasteiger partial charge in [0.05, 0.1) is 0 Å². The Morgan fingerprint density at radius 1 is 1.36 bits per heavy atom. The van der Waals surface area contributed by atoms with Crippen molar-refractivity contribution < 1.29 is 13.9 Å². The average molecular weight is 347 g/mol. The molecule has 1 aromatic heterocycles. The lowest BCUT2D eigenvalue weighted by Gasteiger charge is -2.22. The predicted molar refractivity (Wildman–Crippen MR) is 94.5 cm³/mol. The van der Waals surface area contributed by atoms with Crippen LogP contribution in [0.1, 0.15) is 44.6 Å². The summed E-state index contributed by atoms with van der Waals surface area (Å²) in [4.78, 5) is 16.8. The quantitative estimate of drug-likeness (QED) is 0.798. The highest BCUT2D eigenvalue weighted by atomic mass is 19.1. The molecule has 0 saturated heterocycles. The third-order valence-corrected chi connectivity index (χ3v) is 4.02. The largest absolute Gasteiger partial charge is 0.369 e. The summed E-state index contributed by atoms with van der Waals surface area (Å²) >= 11 is 0. The number of ether oxygens (including phenoxy) is 1. The first-order chi connectivity index (χ1) is 11.9. The van der Waals surface area contributed by atoms with E-state index in [9.17, 15) is 9.18 Å². The lowest BCUT2D eigenvalue weighted by atomic mass is 10.1. The molecule has 0 aliphatic carbocycles. The van der Waals surface area contributed by atoms with Gasteiger partial charge in [-0.05, 0) is 37.0 Å². The summed E-state index contributed by atoms with van der Waals surface area (Å²) < 4.78 is 21.1. The maximum absolute atomic E-state index is 13.6. The third kappa shape index (κ3) is 5.39. The Kier molecular flexibility index (Phi) is 6.70. The summed E-state index contributed by atoms with van der Waals surface area (Å²) in [5.74, 6) is 0.546. The molecule has 1 N–H and O–H groups in total. The Morgan fingerprint density at radius 2 is 2.12 bits per heavy atom. The highest BCUT2D eigenvalue weighted by Crippen LogP contribution is 2.21. The van der Waals surface area contributed by atoms with Crippen LogP contribution in [-0.2, 0) is 16.6 Å². The first-order valence-corrected chi connectivity index (χ1v) is 8.53. The van der Waals surface area contributed by atoms with Crippen molar-refractivity contribution in [1.29, 1.82) is 0 Å². The van der Waals surface area contributed by atoms with E-state index < -0.39 is 12.1 Å². The van der Waals surface area contributed by atoms with Gasteiger partial charge in [-0.3, -0.25) is 4.79 Å². The molecule has 0 aliphatic heterocycles. The van der Waals surface area contributed by atoms with Gasteiger partial charge in [0, 0.05) is 26.0 Å². The zero-order valence-electron chi connectivity index (χ0n) is 15.2. The van der Waals surface area contributed by atoms with Gasteiger partial charge in [-0.25, -0.2) is 9.37 Å². The van der Waals surface area contributed by atoms with Crippen LogP contribution < -0.4 is 5.32 Å². The standard InChI is InChI=1S/C19H26FN3O2/c1-13(2)8-11-25-14(3)19(24)22-17(18-21-9-10-23(18)4)15-6-5-7-16(20)12-15/h5-7,9-10,12-14,17H,8,11H2,1-4H3,(H,22,24)/t14-,17-/m0/s1. The molecule has 1 amide bonds. The predicted octanol–water partition coefficient (Wildman–Crippen LogP) is 3.22. The van der Waals surface area contributed by atoms with Gasteiger partial charge in [-0.1, -0.05) is 26.0 Å². The van der Waals surface area contributed by atoms with Crippen LogP contribution in [0.4, 0.5) is 4.39 Å². The van der Waals surface area contributed by atoms with Gasteiger partial charge in [0.1, 0.15) is 23.8 Å². The monoisotopic (exact) mass is 347 g/mol. The molecule has 0 aliphatic rings. The van der Waals surface area contributed by atoms with Crippen LogP contribution in [0.5, 0.6) is 0 Å². The molecule has 0 radical (unpaired) electrons. The summed E-state index contributed by atoms with van der Waals surface area (Å²) in [7, 11) is 1.84. The minimum absolute atomic E-state index is 0.249. The average Bonchev–Trinajstić information content (AvgIpc) is 2.97. The number of nitrogens with zero attached hydrogens (tertiary/aromatic N) is 2. The highest BCUT2D eigenvalue weighted by molar-refractivity contribution is 5.81. The molecule has 0 fully saturated rings. The number of benzene rings is 1. The molecule has 1 heterocycles. The van der Waals surface area contributed by atoms with E-state index in [4.69, 9.17) is 4.74 Å². The van der Waals surface area contributed by atoms with Crippen molar-refractivity contribution >= 4 is 5.91 Å². The summed E-state index contributed by atoms with van der Waals surface area (Å²) in [6.45, 7) is 6.46. The SMILES string of the molecule is CC(C)CCO[C@@H](C)C(=O)N[C@@H](c1cccc(F)c1)c1nccn1C. The van der Waals surface area contributed by atoms with E-state index in [0.717, 1.165) is 6.42 Å². The number of hydrogen-bond acceptors (Lipinski definition) is 3. The zero-order valence-corrected chi connectivity index (χ0v) is 15.2. The van der Waals surface area contributed by atoms with Crippen molar-refractivity contribution in [1.82, 2.24) is 14.9 Å². The molecule has 25 heavy (non-hydrogen) atoms. The Labute approximate surface area is 148 Å². The molecule has 0 saturated carbocycles. The lowest BCUT2D eigenvalue weighted by Crippen LogP contribution is -2.38. The van der Waals surface area contributed by atoms with Crippen LogP contribution >= 0.6 is 0 Å². The van der Waals surface area contributed by atoms with Crippen molar-refractivity contribution in [2.75, 3.05) is 6.61 Å². The number of rotatable bonds is 8. The van der Waals surface area contributed by atoms with Gasteiger partial charge in [0.25, 0.3) is 0 Å². The Bertz CT molecular complexity index is 699. The van der Waals surface area contributed by atoms with Gasteiger partial charge in [-0.2, -0.15) is 0 Å². The maximum Gasteiger partial charge on any atom is 0.249 e.